The lowest BCUT2D eigenvalue weighted by Gasteiger charge is -1.98. The van der Waals surface area contributed by atoms with Gasteiger partial charge in [-0.15, -0.1) is 5.10 Å². The molecule has 0 aliphatic heterocycles. The summed E-state index contributed by atoms with van der Waals surface area (Å²) in [6.07, 6.45) is 2.98. The van der Waals surface area contributed by atoms with Crippen molar-refractivity contribution in [1.29, 1.82) is 0 Å². The van der Waals surface area contributed by atoms with Crippen LogP contribution in [-0.2, 0) is 4.79 Å². The number of carbonyl (C=O) groups excluding carboxylic acids is 1. The van der Waals surface area contributed by atoms with Gasteiger partial charge < -0.3 is 4.42 Å². The van der Waals surface area contributed by atoms with Gasteiger partial charge >= 0.3 is 6.01 Å². The van der Waals surface area contributed by atoms with Gasteiger partial charge in [0.1, 0.15) is 0 Å². The molecule has 0 spiro atoms. The van der Waals surface area contributed by atoms with E-state index in [2.05, 4.69) is 15.5 Å². The number of carbonyl (C=O) groups is 1. The third kappa shape index (κ3) is 3.88. The fraction of sp³-hybridized carbons (Fsp3) is 0.0556. The van der Waals surface area contributed by atoms with E-state index in [4.69, 9.17) is 16.0 Å². The summed E-state index contributed by atoms with van der Waals surface area (Å²) >= 11 is 6.03. The number of nitrogens with zero attached hydrogens (tertiary/aromatic N) is 2. The number of anilines is 1. The Labute approximate surface area is 144 Å². The van der Waals surface area contributed by atoms with E-state index < -0.39 is 0 Å². The molecule has 5 nitrogen and oxygen atoms in total. The van der Waals surface area contributed by atoms with Crippen LogP contribution in [0.4, 0.5) is 6.01 Å². The van der Waals surface area contributed by atoms with E-state index in [0.29, 0.717) is 10.9 Å². The third-order valence-corrected chi connectivity index (χ3v) is 3.58. The Balaban J connectivity index is 1.68. The third-order valence-electron chi connectivity index (χ3n) is 3.24. The first kappa shape index (κ1) is 16.0. The van der Waals surface area contributed by atoms with Crippen molar-refractivity contribution in [3.8, 4) is 11.5 Å². The van der Waals surface area contributed by atoms with E-state index in [1.165, 1.54) is 6.08 Å². The van der Waals surface area contributed by atoms with Crippen molar-refractivity contribution >= 4 is 29.6 Å². The molecule has 0 aliphatic carbocycles. The number of amides is 1. The summed E-state index contributed by atoms with van der Waals surface area (Å²) in [7, 11) is 0. The van der Waals surface area contributed by atoms with Gasteiger partial charge in [-0.2, -0.15) is 0 Å². The van der Waals surface area contributed by atoms with Crippen LogP contribution in [0.1, 0.15) is 11.1 Å². The molecule has 6 heteroatoms. The Hall–Kier alpha value is -2.92. The molecule has 0 unspecified atom stereocenters. The van der Waals surface area contributed by atoms with Crippen molar-refractivity contribution in [2.75, 3.05) is 5.32 Å². The van der Waals surface area contributed by atoms with Crippen LogP contribution in [-0.4, -0.2) is 16.1 Å². The molecule has 0 fully saturated rings. The molecule has 0 saturated carbocycles. The van der Waals surface area contributed by atoms with Gasteiger partial charge in [-0.1, -0.05) is 52.6 Å². The Bertz CT molecular complexity index is 903. The number of rotatable bonds is 4. The first-order valence-corrected chi connectivity index (χ1v) is 7.64. The second-order valence-corrected chi connectivity index (χ2v) is 5.53. The molecule has 0 saturated heterocycles. The number of nitrogens with one attached hydrogen (secondary N) is 1. The monoisotopic (exact) mass is 339 g/mol. The van der Waals surface area contributed by atoms with E-state index in [9.17, 15) is 4.79 Å². The Morgan fingerprint density at radius 1 is 1.17 bits per heavy atom. The smallest absolute Gasteiger partial charge is 0.322 e. The lowest BCUT2D eigenvalue weighted by Crippen LogP contribution is -2.07. The fourth-order valence-corrected chi connectivity index (χ4v) is 2.29. The van der Waals surface area contributed by atoms with Gasteiger partial charge in [0.05, 0.1) is 0 Å². The first-order valence-electron chi connectivity index (χ1n) is 7.26. The predicted octanol–water partition coefficient (Wildman–Crippen LogP) is 4.35. The average Bonchev–Trinajstić information content (AvgIpc) is 3.02. The second kappa shape index (κ2) is 7.10. The van der Waals surface area contributed by atoms with Crippen LogP contribution in [0.2, 0.25) is 5.02 Å². The maximum atomic E-state index is 11.9. The summed E-state index contributed by atoms with van der Waals surface area (Å²) in [6.45, 7) is 1.97. The van der Waals surface area contributed by atoms with Crippen LogP contribution in [0.5, 0.6) is 0 Å². The second-order valence-electron chi connectivity index (χ2n) is 5.13. The normalized spacial score (nSPS) is 10.9. The van der Waals surface area contributed by atoms with Crippen LogP contribution >= 0.6 is 11.6 Å². The summed E-state index contributed by atoms with van der Waals surface area (Å²) < 4.78 is 5.46. The number of benzene rings is 2. The van der Waals surface area contributed by atoms with Crippen molar-refractivity contribution in [3.05, 3.63) is 70.8 Å². The minimum absolute atomic E-state index is 0.0420. The summed E-state index contributed by atoms with van der Waals surface area (Å²) in [5.41, 5.74) is 2.63. The molecular weight excluding hydrogens is 326 g/mol. The average molecular weight is 340 g/mol. The summed E-state index contributed by atoms with van der Waals surface area (Å²) in [6, 6.07) is 14.9. The lowest BCUT2D eigenvalue weighted by atomic mass is 10.1. The van der Waals surface area contributed by atoms with Crippen LogP contribution < -0.4 is 5.32 Å². The molecule has 1 N–H and O–H groups in total. The molecule has 1 heterocycles. The Morgan fingerprint density at radius 2 is 2.00 bits per heavy atom. The minimum Gasteiger partial charge on any atom is -0.403 e. The van der Waals surface area contributed by atoms with Gasteiger partial charge in [-0.3, -0.25) is 10.1 Å². The highest BCUT2D eigenvalue weighted by Gasteiger charge is 2.10. The van der Waals surface area contributed by atoms with E-state index in [-0.39, 0.29) is 11.9 Å². The van der Waals surface area contributed by atoms with Crippen LogP contribution in [0.3, 0.4) is 0 Å². The molecule has 0 bridgehead atoms. The molecule has 3 rings (SSSR count). The molecule has 3 aromatic rings. The molecule has 1 amide bonds. The van der Waals surface area contributed by atoms with E-state index in [1.54, 1.807) is 12.1 Å². The van der Waals surface area contributed by atoms with Crippen molar-refractivity contribution < 1.29 is 9.21 Å². The van der Waals surface area contributed by atoms with E-state index in [0.717, 1.165) is 16.7 Å². The topological polar surface area (TPSA) is 68.0 Å². The van der Waals surface area contributed by atoms with Crippen LogP contribution in [0.25, 0.3) is 17.5 Å². The van der Waals surface area contributed by atoms with Crippen molar-refractivity contribution in [3.63, 3.8) is 0 Å². The molecular formula is C18H14ClN3O2. The molecule has 2 aromatic carbocycles. The number of hydrogen-bond acceptors (Lipinski definition) is 4. The quantitative estimate of drug-likeness (QED) is 0.717. The maximum Gasteiger partial charge on any atom is 0.322 e. The van der Waals surface area contributed by atoms with Gasteiger partial charge in [-0.05, 0) is 36.8 Å². The van der Waals surface area contributed by atoms with Crippen molar-refractivity contribution in [2.24, 2.45) is 0 Å². The largest absolute Gasteiger partial charge is 0.403 e. The SMILES string of the molecule is Cc1cccc(-c2nnc(NC(=O)C=Cc3ccccc3Cl)o2)c1. The molecule has 1 aromatic heterocycles. The molecule has 0 aliphatic rings. The zero-order chi connectivity index (χ0) is 16.9. The van der Waals surface area contributed by atoms with Crippen LogP contribution in [0, 0.1) is 6.92 Å². The highest BCUT2D eigenvalue weighted by atomic mass is 35.5. The van der Waals surface area contributed by atoms with Gasteiger partial charge in [0, 0.05) is 16.7 Å². The van der Waals surface area contributed by atoms with Gasteiger partial charge in [-0.25, -0.2) is 0 Å². The molecule has 24 heavy (non-hydrogen) atoms. The first-order chi connectivity index (χ1) is 11.6. The van der Waals surface area contributed by atoms with Crippen molar-refractivity contribution in [1.82, 2.24) is 10.2 Å². The minimum atomic E-state index is -0.380. The zero-order valence-electron chi connectivity index (χ0n) is 12.9. The molecule has 120 valence electrons. The number of halogens is 1. The number of aryl methyl sites for hydroxylation is 1. The summed E-state index contributed by atoms with van der Waals surface area (Å²) in [5, 5.41) is 10.9. The van der Waals surface area contributed by atoms with Gasteiger partial charge in [0.2, 0.25) is 5.89 Å². The Morgan fingerprint density at radius 3 is 2.79 bits per heavy atom. The number of aromatic nitrogens is 2. The predicted molar refractivity (Wildman–Crippen MR) is 93.6 cm³/mol. The standard InChI is InChI=1S/C18H14ClN3O2/c1-12-5-4-7-14(11-12)17-21-22-18(24-17)20-16(23)10-9-13-6-2-3-8-15(13)19/h2-11H,1H3,(H,20,22,23). The molecule has 0 radical (unpaired) electrons. The van der Waals surface area contributed by atoms with Crippen molar-refractivity contribution in [2.45, 2.75) is 6.92 Å². The molecule has 0 atom stereocenters. The van der Waals surface area contributed by atoms with Gasteiger partial charge in [0.25, 0.3) is 5.91 Å². The number of hydrogen-bond donors (Lipinski definition) is 1. The summed E-state index contributed by atoms with van der Waals surface area (Å²) in [5.74, 6) is -0.0292. The maximum absolute atomic E-state index is 11.9. The fourth-order valence-electron chi connectivity index (χ4n) is 2.09. The van der Waals surface area contributed by atoms with Gasteiger partial charge in [0.15, 0.2) is 0 Å². The van der Waals surface area contributed by atoms with E-state index >= 15 is 0 Å². The highest BCUT2D eigenvalue weighted by molar-refractivity contribution is 6.32. The summed E-state index contributed by atoms with van der Waals surface area (Å²) in [4.78, 5) is 11.9. The highest BCUT2D eigenvalue weighted by Crippen LogP contribution is 2.21. The van der Waals surface area contributed by atoms with Crippen LogP contribution in [0.15, 0.2) is 59.0 Å². The lowest BCUT2D eigenvalue weighted by molar-refractivity contribution is -0.112. The Kier molecular flexibility index (Phi) is 4.72. The van der Waals surface area contributed by atoms with E-state index in [1.807, 2.05) is 49.4 Å². The zero-order valence-corrected chi connectivity index (χ0v) is 13.6.